The molecule has 1 atom stereocenters. The largest absolute Gasteiger partial charge is 0.461 e. The van der Waals surface area contributed by atoms with Gasteiger partial charge in [-0.15, -0.1) is 10.2 Å². The normalized spacial score (nSPS) is 13.0. The van der Waals surface area contributed by atoms with Crippen molar-refractivity contribution in [2.45, 2.75) is 50.2 Å². The highest BCUT2D eigenvalue weighted by molar-refractivity contribution is 5.76. The topological polar surface area (TPSA) is 105 Å². The number of hydrogen-bond acceptors (Lipinski definition) is 5. The highest BCUT2D eigenvalue weighted by Crippen LogP contribution is 2.37. The molecule has 1 aromatic heterocycles. The summed E-state index contributed by atoms with van der Waals surface area (Å²) < 4.78 is 86.4. The van der Waals surface area contributed by atoms with E-state index in [4.69, 9.17) is 0 Å². The Morgan fingerprint density at radius 2 is 1.65 bits per heavy atom. The number of H-pyrrole nitrogens is 1. The van der Waals surface area contributed by atoms with Crippen LogP contribution in [0.15, 0.2) is 72.8 Å². The van der Waals surface area contributed by atoms with Crippen molar-refractivity contribution < 1.29 is 35.9 Å². The summed E-state index contributed by atoms with van der Waals surface area (Å²) >= 11 is 0. The maximum atomic E-state index is 14.9. The number of carbonyl (C=O) groups excluding carboxylic acids is 1. The number of aryl methyl sites for hydroxylation is 1. The molecule has 0 bridgehead atoms. The van der Waals surface area contributed by atoms with Crippen molar-refractivity contribution in [2.24, 2.45) is 0 Å². The van der Waals surface area contributed by atoms with E-state index in [9.17, 15) is 31.1 Å². The predicted octanol–water partition coefficient (Wildman–Crippen LogP) is 5.91. The van der Waals surface area contributed by atoms with E-state index in [1.807, 2.05) is 0 Å². The van der Waals surface area contributed by atoms with Gasteiger partial charge in [0.15, 0.2) is 5.82 Å². The average molecular weight is 607 g/mol. The number of halogens is 6. The molecule has 0 fully saturated rings. The number of benzene rings is 3. The average Bonchev–Trinajstić information content (AvgIpc) is 3.48. The first-order chi connectivity index (χ1) is 20.6. The zero-order valence-corrected chi connectivity index (χ0v) is 22.7. The van der Waals surface area contributed by atoms with Crippen LogP contribution in [0.25, 0.3) is 0 Å². The van der Waals surface area contributed by atoms with Crippen molar-refractivity contribution >= 4 is 6.03 Å². The molecule has 0 unspecified atom stereocenters. The van der Waals surface area contributed by atoms with Crippen molar-refractivity contribution in [1.82, 2.24) is 31.3 Å². The number of rotatable bonds is 14. The van der Waals surface area contributed by atoms with E-state index < -0.39 is 41.5 Å². The van der Waals surface area contributed by atoms with Crippen LogP contribution in [-0.4, -0.2) is 45.7 Å². The van der Waals surface area contributed by atoms with Gasteiger partial charge in [-0.2, -0.15) is 22.8 Å². The van der Waals surface area contributed by atoms with Gasteiger partial charge in [0, 0.05) is 25.5 Å². The molecule has 4 aromatic rings. The molecule has 0 saturated heterocycles. The van der Waals surface area contributed by atoms with Gasteiger partial charge >= 0.3 is 18.6 Å². The van der Waals surface area contributed by atoms with E-state index in [2.05, 4.69) is 36.0 Å². The van der Waals surface area contributed by atoms with Gasteiger partial charge in [-0.25, -0.2) is 13.6 Å². The van der Waals surface area contributed by atoms with Crippen molar-refractivity contribution in [3.05, 3.63) is 107 Å². The number of aromatic nitrogens is 4. The number of nitrogens with zero attached hydrogens (tertiary/aromatic N) is 3. The third-order valence-electron chi connectivity index (χ3n) is 6.60. The Hall–Kier alpha value is -4.62. The summed E-state index contributed by atoms with van der Waals surface area (Å²) in [4.78, 5) is 13.3. The maximum absolute atomic E-state index is 14.9. The number of ether oxygens (including phenoxy) is 1. The highest BCUT2D eigenvalue weighted by atomic mass is 19.3. The lowest BCUT2D eigenvalue weighted by atomic mass is 9.77. The second kappa shape index (κ2) is 14.0. The molecule has 43 heavy (non-hydrogen) atoms. The number of tetrazole rings is 1. The minimum Gasteiger partial charge on any atom is -0.428 e. The Bertz CT molecular complexity index is 1460. The standard InChI is InChI=1S/C29H28F6N6O2/c30-22-12-10-20(11-13-22)28(18-19-7-3-1-4-8-19,21-15-23(31)17-24(16-21)43-29(34,35)26(32)33)37-27(42)36-14-6-2-5-9-25-38-40-41-39-25/h1,3-4,7-8,10-13,15-17,26H,2,5-6,9,14,18H2,(H2,36,37,42)(H,38,39,40,41)/t28-/m1/s1. The van der Waals surface area contributed by atoms with E-state index in [1.54, 1.807) is 30.3 Å². The first-order valence-corrected chi connectivity index (χ1v) is 13.3. The molecule has 228 valence electrons. The lowest BCUT2D eigenvalue weighted by Crippen LogP contribution is -2.52. The molecule has 0 aliphatic heterocycles. The van der Waals surface area contributed by atoms with E-state index in [0.717, 1.165) is 37.1 Å². The summed E-state index contributed by atoms with van der Waals surface area (Å²) in [6.07, 6.45) is -6.47. The number of unbranched alkanes of at least 4 members (excludes halogenated alkanes) is 2. The smallest absolute Gasteiger partial charge is 0.428 e. The van der Waals surface area contributed by atoms with Crippen LogP contribution < -0.4 is 15.4 Å². The van der Waals surface area contributed by atoms with Crippen LogP contribution in [-0.2, 0) is 18.4 Å². The number of amides is 2. The van der Waals surface area contributed by atoms with Gasteiger partial charge in [0.2, 0.25) is 0 Å². The van der Waals surface area contributed by atoms with Gasteiger partial charge in [-0.3, -0.25) is 0 Å². The summed E-state index contributed by atoms with van der Waals surface area (Å²) in [5.41, 5.74) is -0.875. The number of carbonyl (C=O) groups is 1. The van der Waals surface area contributed by atoms with Crippen LogP contribution in [0.3, 0.4) is 0 Å². The number of hydrogen-bond donors (Lipinski definition) is 3. The molecule has 8 nitrogen and oxygen atoms in total. The molecule has 4 rings (SSSR count). The van der Waals surface area contributed by atoms with Crippen LogP contribution >= 0.6 is 0 Å². The number of nitrogens with one attached hydrogen (secondary N) is 3. The molecule has 0 radical (unpaired) electrons. The van der Waals surface area contributed by atoms with Gasteiger partial charge < -0.3 is 15.4 Å². The Labute approximate surface area is 242 Å². The van der Waals surface area contributed by atoms with Crippen LogP contribution in [0.5, 0.6) is 5.75 Å². The first kappa shape index (κ1) is 31.3. The lowest BCUT2D eigenvalue weighted by Gasteiger charge is -2.37. The van der Waals surface area contributed by atoms with Crippen LogP contribution in [0.2, 0.25) is 0 Å². The zero-order valence-electron chi connectivity index (χ0n) is 22.7. The van der Waals surface area contributed by atoms with Crippen LogP contribution in [0.1, 0.15) is 41.8 Å². The van der Waals surface area contributed by atoms with Crippen molar-refractivity contribution in [3.8, 4) is 5.75 Å². The summed E-state index contributed by atoms with van der Waals surface area (Å²) in [6.45, 7) is 0.251. The second-order valence-corrected chi connectivity index (χ2v) is 9.73. The molecule has 0 aliphatic carbocycles. The van der Waals surface area contributed by atoms with E-state index in [-0.39, 0.29) is 24.1 Å². The van der Waals surface area contributed by atoms with Crippen LogP contribution in [0, 0.1) is 11.6 Å². The SMILES string of the molecule is O=C(NCCCCCc1nn[nH]n1)N[C@](Cc1ccccc1)(c1ccc(F)cc1)c1cc(F)cc(OC(F)(F)C(F)F)c1. The third kappa shape index (κ3) is 8.46. The van der Waals surface area contributed by atoms with E-state index in [0.29, 0.717) is 30.3 Å². The monoisotopic (exact) mass is 606 g/mol. The molecule has 0 saturated carbocycles. The molecular weight excluding hydrogens is 578 g/mol. The number of alkyl halides is 4. The summed E-state index contributed by atoms with van der Waals surface area (Å²) in [7, 11) is 0. The van der Waals surface area contributed by atoms with Gasteiger partial charge in [0.25, 0.3) is 0 Å². The molecule has 3 aromatic carbocycles. The molecule has 0 spiro atoms. The minimum atomic E-state index is -4.91. The Morgan fingerprint density at radius 3 is 2.33 bits per heavy atom. The molecule has 0 aliphatic rings. The highest BCUT2D eigenvalue weighted by Gasteiger charge is 2.45. The second-order valence-electron chi connectivity index (χ2n) is 9.73. The fourth-order valence-corrected chi connectivity index (χ4v) is 4.58. The molecule has 14 heteroatoms. The van der Waals surface area contributed by atoms with Crippen molar-refractivity contribution in [1.29, 1.82) is 0 Å². The first-order valence-electron chi connectivity index (χ1n) is 13.3. The fraction of sp³-hybridized carbons (Fsp3) is 0.310. The molecule has 2 amide bonds. The van der Waals surface area contributed by atoms with E-state index >= 15 is 0 Å². The summed E-state index contributed by atoms with van der Waals surface area (Å²) in [5, 5.41) is 19.2. The Balaban J connectivity index is 1.65. The van der Waals surface area contributed by atoms with Crippen LogP contribution in [0.4, 0.5) is 31.1 Å². The minimum absolute atomic E-state index is 0.0499. The van der Waals surface area contributed by atoms with Gasteiger partial charge in [-0.1, -0.05) is 54.1 Å². The van der Waals surface area contributed by atoms with Gasteiger partial charge in [0.05, 0.1) is 5.54 Å². The fourth-order valence-electron chi connectivity index (χ4n) is 4.58. The van der Waals surface area contributed by atoms with E-state index in [1.165, 1.54) is 12.1 Å². The maximum Gasteiger partial charge on any atom is 0.461 e. The molecule has 3 N–H and O–H groups in total. The lowest BCUT2D eigenvalue weighted by molar-refractivity contribution is -0.253. The molecule has 1 heterocycles. The third-order valence-corrected chi connectivity index (χ3v) is 6.60. The Morgan fingerprint density at radius 1 is 0.907 bits per heavy atom. The number of aromatic amines is 1. The molecular formula is C29H28F6N6O2. The summed E-state index contributed by atoms with van der Waals surface area (Å²) in [5.74, 6) is -1.99. The summed E-state index contributed by atoms with van der Waals surface area (Å²) in [6, 6.07) is 15.4. The Kier molecular flexibility index (Phi) is 10.2. The zero-order chi connectivity index (χ0) is 30.9. The van der Waals surface area contributed by atoms with Gasteiger partial charge in [-0.05, 0) is 53.8 Å². The van der Waals surface area contributed by atoms with Gasteiger partial charge in [0.1, 0.15) is 17.4 Å². The van der Waals surface area contributed by atoms with Crippen molar-refractivity contribution in [2.75, 3.05) is 6.54 Å². The quantitative estimate of drug-likeness (QED) is 0.122. The predicted molar refractivity (Wildman–Crippen MR) is 144 cm³/mol. The van der Waals surface area contributed by atoms with Crippen molar-refractivity contribution in [3.63, 3.8) is 0 Å². The number of urea groups is 1.